The molecule has 0 radical (unpaired) electrons. The van der Waals surface area contributed by atoms with Crippen molar-refractivity contribution in [3.05, 3.63) is 23.8 Å². The minimum Gasteiger partial charge on any atom is -0.399 e. The van der Waals surface area contributed by atoms with E-state index in [-0.39, 0.29) is 27.9 Å². The van der Waals surface area contributed by atoms with Gasteiger partial charge in [-0.25, -0.2) is 12.7 Å². The summed E-state index contributed by atoms with van der Waals surface area (Å²) in [6, 6.07) is 3.69. The highest BCUT2D eigenvalue weighted by atomic mass is 32.2. The van der Waals surface area contributed by atoms with Crippen LogP contribution in [0.25, 0.3) is 0 Å². The summed E-state index contributed by atoms with van der Waals surface area (Å²) < 4.78 is 60.6. The van der Waals surface area contributed by atoms with Gasteiger partial charge in [0.25, 0.3) is 15.9 Å². The Kier molecular flexibility index (Phi) is 3.63. The van der Waals surface area contributed by atoms with E-state index in [4.69, 9.17) is 5.73 Å². The van der Waals surface area contributed by atoms with Gasteiger partial charge in [-0.1, -0.05) is 0 Å². The van der Waals surface area contributed by atoms with Gasteiger partial charge in [-0.15, -0.1) is 0 Å². The molecule has 2 rings (SSSR count). The van der Waals surface area contributed by atoms with Gasteiger partial charge < -0.3 is 5.73 Å². The number of benzene rings is 1. The van der Waals surface area contributed by atoms with Crippen LogP contribution in [0.3, 0.4) is 0 Å². The van der Waals surface area contributed by atoms with Crippen LogP contribution in [0.15, 0.2) is 23.1 Å². The van der Waals surface area contributed by atoms with Crippen LogP contribution >= 0.6 is 11.8 Å². The van der Waals surface area contributed by atoms with Gasteiger partial charge in [-0.2, -0.15) is 13.2 Å². The number of halogens is 3. The summed E-state index contributed by atoms with van der Waals surface area (Å²) in [5, 5.41) is 0. The van der Waals surface area contributed by atoms with Crippen molar-refractivity contribution in [1.29, 1.82) is 0 Å². The molecule has 1 aromatic carbocycles. The van der Waals surface area contributed by atoms with Crippen LogP contribution in [0.1, 0.15) is 10.4 Å². The van der Waals surface area contributed by atoms with Gasteiger partial charge in [0, 0.05) is 18.0 Å². The lowest BCUT2D eigenvalue weighted by molar-refractivity contribution is -0.0328. The molecule has 10 heteroatoms. The smallest absolute Gasteiger partial charge is 0.399 e. The number of sulfonamides is 1. The van der Waals surface area contributed by atoms with Crippen molar-refractivity contribution in [3.8, 4) is 0 Å². The summed E-state index contributed by atoms with van der Waals surface area (Å²) in [5.74, 6) is -1.41. The van der Waals surface area contributed by atoms with Crippen molar-refractivity contribution in [1.82, 2.24) is 4.31 Å². The van der Waals surface area contributed by atoms with Crippen LogP contribution in [-0.4, -0.2) is 36.4 Å². The zero-order valence-corrected chi connectivity index (χ0v) is 11.5. The van der Waals surface area contributed by atoms with Crippen molar-refractivity contribution in [2.24, 2.45) is 0 Å². The average molecular weight is 326 g/mol. The quantitative estimate of drug-likeness (QED) is 0.855. The van der Waals surface area contributed by atoms with Gasteiger partial charge >= 0.3 is 5.51 Å². The normalized spacial score (nSPS) is 17.4. The molecule has 0 atom stereocenters. The van der Waals surface area contributed by atoms with Gasteiger partial charge in [0.2, 0.25) is 0 Å². The van der Waals surface area contributed by atoms with Gasteiger partial charge in [-0.3, -0.25) is 4.79 Å². The summed E-state index contributed by atoms with van der Waals surface area (Å²) in [4.78, 5) is 11.7. The number of nitrogen functional groups attached to an aromatic ring is 1. The van der Waals surface area contributed by atoms with E-state index < -0.39 is 33.7 Å². The third-order valence-corrected chi connectivity index (χ3v) is 5.14. The molecule has 5 nitrogen and oxygen atoms in total. The largest absolute Gasteiger partial charge is 0.441 e. The van der Waals surface area contributed by atoms with E-state index in [1.54, 1.807) is 0 Å². The first-order valence-electron chi connectivity index (χ1n) is 5.30. The molecule has 0 spiro atoms. The zero-order chi connectivity index (χ0) is 15.1. The Morgan fingerprint density at radius 2 is 1.95 bits per heavy atom. The number of fused-ring (bicyclic) bond motifs is 1. The number of anilines is 1. The fourth-order valence-corrected chi connectivity index (χ4v) is 3.94. The topological polar surface area (TPSA) is 80.5 Å². The van der Waals surface area contributed by atoms with Crippen molar-refractivity contribution < 1.29 is 26.4 Å². The molecule has 2 N–H and O–H groups in total. The van der Waals surface area contributed by atoms with Crippen molar-refractivity contribution >= 4 is 33.4 Å². The average Bonchev–Trinajstić information content (AvgIpc) is 2.48. The standard InChI is InChI=1S/C10H9F3N2O3S2/c11-10(12,13)19-4-3-15-9(16)7-5-6(14)1-2-8(7)20(15,17)18/h1-2,5H,3-4,14H2. The Morgan fingerprint density at radius 3 is 2.55 bits per heavy atom. The molecule has 0 aliphatic carbocycles. The van der Waals surface area contributed by atoms with E-state index in [9.17, 15) is 26.4 Å². The van der Waals surface area contributed by atoms with Crippen LogP contribution in [0.2, 0.25) is 0 Å². The van der Waals surface area contributed by atoms with Crippen LogP contribution in [-0.2, 0) is 10.0 Å². The van der Waals surface area contributed by atoms with Gasteiger partial charge in [-0.05, 0) is 30.0 Å². The summed E-state index contributed by atoms with van der Waals surface area (Å²) >= 11 is -0.378. The van der Waals surface area contributed by atoms with E-state index in [1.165, 1.54) is 18.2 Å². The molecule has 110 valence electrons. The van der Waals surface area contributed by atoms with Crippen molar-refractivity contribution in [3.63, 3.8) is 0 Å². The van der Waals surface area contributed by atoms with Crippen LogP contribution < -0.4 is 5.73 Å². The van der Waals surface area contributed by atoms with Crippen LogP contribution in [0.4, 0.5) is 18.9 Å². The number of thioether (sulfide) groups is 1. The Labute approximate surface area is 117 Å². The number of hydrogen-bond donors (Lipinski definition) is 1. The van der Waals surface area contributed by atoms with Crippen LogP contribution in [0.5, 0.6) is 0 Å². The summed E-state index contributed by atoms with van der Waals surface area (Å²) in [7, 11) is -4.08. The molecular weight excluding hydrogens is 317 g/mol. The fraction of sp³-hybridized carbons (Fsp3) is 0.300. The molecule has 0 fully saturated rings. The van der Waals surface area contributed by atoms with E-state index in [0.717, 1.165) is 0 Å². The molecule has 20 heavy (non-hydrogen) atoms. The number of amides is 1. The molecule has 0 unspecified atom stereocenters. The first-order chi connectivity index (χ1) is 9.13. The molecule has 1 heterocycles. The van der Waals surface area contributed by atoms with Gasteiger partial charge in [0.15, 0.2) is 0 Å². The molecule has 1 amide bonds. The molecule has 0 saturated carbocycles. The number of rotatable bonds is 3. The minimum atomic E-state index is -4.47. The zero-order valence-electron chi connectivity index (χ0n) is 9.85. The third kappa shape index (κ3) is 2.70. The lowest BCUT2D eigenvalue weighted by atomic mass is 10.2. The second-order valence-electron chi connectivity index (χ2n) is 3.93. The third-order valence-electron chi connectivity index (χ3n) is 2.59. The van der Waals surface area contributed by atoms with Crippen molar-refractivity contribution in [2.75, 3.05) is 18.0 Å². The Hall–Kier alpha value is -1.42. The number of nitrogens with two attached hydrogens (primary N) is 1. The molecule has 0 saturated heterocycles. The summed E-state index contributed by atoms with van der Waals surface area (Å²) in [6.45, 7) is -0.542. The van der Waals surface area contributed by atoms with E-state index in [0.29, 0.717) is 4.31 Å². The van der Waals surface area contributed by atoms with E-state index in [1.807, 2.05) is 0 Å². The predicted octanol–water partition coefficient (Wildman–Crippen LogP) is 1.67. The minimum absolute atomic E-state index is 0.109. The van der Waals surface area contributed by atoms with E-state index in [2.05, 4.69) is 0 Å². The number of alkyl halides is 3. The predicted molar refractivity (Wildman–Crippen MR) is 67.6 cm³/mol. The second kappa shape index (κ2) is 4.85. The molecule has 1 aromatic rings. The van der Waals surface area contributed by atoms with E-state index >= 15 is 0 Å². The highest BCUT2D eigenvalue weighted by molar-refractivity contribution is 8.00. The maximum Gasteiger partial charge on any atom is 0.441 e. The monoisotopic (exact) mass is 326 g/mol. The van der Waals surface area contributed by atoms with Gasteiger partial charge in [0.05, 0.1) is 5.56 Å². The summed E-state index contributed by atoms with van der Waals surface area (Å²) in [6.07, 6.45) is 0. The molecule has 1 aliphatic rings. The van der Waals surface area contributed by atoms with Crippen LogP contribution in [0, 0.1) is 0 Å². The maximum atomic E-state index is 12.0. The highest BCUT2D eigenvalue weighted by Gasteiger charge is 2.41. The lowest BCUT2D eigenvalue weighted by Gasteiger charge is -2.15. The first-order valence-corrected chi connectivity index (χ1v) is 7.73. The number of carbonyl (C=O) groups excluding carboxylic acids is 1. The number of nitrogens with zero attached hydrogens (tertiary/aromatic N) is 1. The SMILES string of the molecule is Nc1ccc2c(c1)C(=O)N(CCSC(F)(F)F)S2(=O)=O. The van der Waals surface area contributed by atoms with Crippen molar-refractivity contribution in [2.45, 2.75) is 10.4 Å². The number of carbonyl (C=O) groups is 1. The second-order valence-corrected chi connectivity index (χ2v) is 6.92. The molecule has 0 bridgehead atoms. The molecule has 0 aromatic heterocycles. The number of hydrogen-bond acceptors (Lipinski definition) is 5. The Morgan fingerprint density at radius 1 is 1.30 bits per heavy atom. The summed E-state index contributed by atoms with van der Waals surface area (Å²) in [5.41, 5.74) is 1.10. The highest BCUT2D eigenvalue weighted by Crippen LogP contribution is 2.34. The van der Waals surface area contributed by atoms with Gasteiger partial charge in [0.1, 0.15) is 4.90 Å². The maximum absolute atomic E-state index is 12.0. The Bertz CT molecular complexity index is 658. The first kappa shape index (κ1) is 15.0. The fourth-order valence-electron chi connectivity index (χ4n) is 1.77. The molecular formula is C10H9F3N2O3S2. The molecule has 1 aliphatic heterocycles. The Balaban J connectivity index is 2.24. The lowest BCUT2D eigenvalue weighted by Crippen LogP contribution is -2.32.